The van der Waals surface area contributed by atoms with E-state index >= 15 is 0 Å². The number of carbonyl (C=O) groups is 2. The van der Waals surface area contributed by atoms with Gasteiger partial charge in [-0.2, -0.15) is 0 Å². The number of rotatable bonds is 8. The number of nitrogens with zero attached hydrogens (tertiary/aromatic N) is 1. The van der Waals surface area contributed by atoms with E-state index in [0.717, 1.165) is 16.9 Å². The Morgan fingerprint density at radius 1 is 0.935 bits per heavy atom. The molecule has 0 saturated carbocycles. The van der Waals surface area contributed by atoms with E-state index in [-0.39, 0.29) is 18.4 Å². The quantitative estimate of drug-likeness (QED) is 0.572. The van der Waals surface area contributed by atoms with E-state index < -0.39 is 0 Å². The molecule has 0 radical (unpaired) electrons. The number of likely N-dealkylation sites (N-methyl/N-ethyl adjacent to an activating group) is 1. The van der Waals surface area contributed by atoms with Gasteiger partial charge in [-0.15, -0.1) is 0 Å². The molecule has 160 valence electrons. The fourth-order valence-corrected chi connectivity index (χ4v) is 3.24. The maximum absolute atomic E-state index is 12.8. The van der Waals surface area contributed by atoms with Crippen LogP contribution in [0.1, 0.15) is 21.5 Å². The Bertz CT molecular complexity index is 1050. The number of amides is 2. The van der Waals surface area contributed by atoms with Crippen LogP contribution in [-0.4, -0.2) is 37.4 Å². The summed E-state index contributed by atoms with van der Waals surface area (Å²) in [5.74, 6) is 0.338. The van der Waals surface area contributed by atoms with Crippen LogP contribution in [-0.2, 0) is 11.3 Å². The number of ether oxygens (including phenoxy) is 1. The van der Waals surface area contributed by atoms with E-state index in [9.17, 15) is 9.59 Å². The van der Waals surface area contributed by atoms with Crippen molar-refractivity contribution in [2.75, 3.05) is 31.3 Å². The highest BCUT2D eigenvalue weighted by Gasteiger charge is 2.14. The fourth-order valence-electron chi connectivity index (χ4n) is 3.24. The van der Waals surface area contributed by atoms with E-state index in [2.05, 4.69) is 10.6 Å². The topological polar surface area (TPSA) is 70.7 Å². The lowest BCUT2D eigenvalue weighted by atomic mass is 10.1. The summed E-state index contributed by atoms with van der Waals surface area (Å²) in [7, 11) is 3.50. The molecule has 0 unspecified atom stereocenters. The number of anilines is 2. The predicted molar refractivity (Wildman–Crippen MR) is 124 cm³/mol. The number of hydrogen-bond acceptors (Lipinski definition) is 4. The number of carbonyl (C=O) groups excluding carboxylic acids is 2. The molecule has 0 aliphatic heterocycles. The first-order valence-corrected chi connectivity index (χ1v) is 10.0. The highest BCUT2D eigenvalue weighted by molar-refractivity contribution is 6.10. The molecule has 0 heterocycles. The largest absolute Gasteiger partial charge is 0.497 e. The van der Waals surface area contributed by atoms with Gasteiger partial charge in [-0.25, -0.2) is 0 Å². The second-order valence-corrected chi connectivity index (χ2v) is 7.44. The molecular formula is C25H27N3O3. The molecule has 0 spiro atoms. The molecule has 0 atom stereocenters. The van der Waals surface area contributed by atoms with Crippen LogP contribution in [0.15, 0.2) is 72.8 Å². The first-order chi connectivity index (χ1) is 14.9. The minimum Gasteiger partial charge on any atom is -0.497 e. The Labute approximate surface area is 182 Å². The molecule has 0 fully saturated rings. The van der Waals surface area contributed by atoms with Crippen molar-refractivity contribution in [3.05, 3.63) is 89.5 Å². The van der Waals surface area contributed by atoms with E-state index in [1.165, 1.54) is 0 Å². The van der Waals surface area contributed by atoms with E-state index in [1.54, 1.807) is 31.4 Å². The van der Waals surface area contributed by atoms with Gasteiger partial charge in [0.2, 0.25) is 5.91 Å². The molecule has 0 aliphatic carbocycles. The highest BCUT2D eigenvalue weighted by Crippen LogP contribution is 2.18. The minimum atomic E-state index is -0.270. The zero-order valence-corrected chi connectivity index (χ0v) is 18.0. The molecule has 0 saturated heterocycles. The maximum atomic E-state index is 12.8. The lowest BCUT2D eigenvalue weighted by Crippen LogP contribution is -2.30. The van der Waals surface area contributed by atoms with Gasteiger partial charge in [0.05, 0.1) is 24.9 Å². The van der Waals surface area contributed by atoms with E-state index in [0.29, 0.717) is 23.5 Å². The summed E-state index contributed by atoms with van der Waals surface area (Å²) in [6.45, 7) is 2.78. The van der Waals surface area contributed by atoms with Gasteiger partial charge in [0.1, 0.15) is 5.75 Å². The summed E-state index contributed by atoms with van der Waals surface area (Å²) in [5.41, 5.74) is 3.74. The average molecular weight is 418 g/mol. The van der Waals surface area contributed by atoms with Gasteiger partial charge in [-0.3, -0.25) is 14.5 Å². The van der Waals surface area contributed by atoms with Crippen LogP contribution in [0.4, 0.5) is 11.4 Å². The van der Waals surface area contributed by atoms with Gasteiger partial charge in [0.15, 0.2) is 0 Å². The number of methoxy groups -OCH3 is 1. The Balaban J connectivity index is 1.61. The molecular weight excluding hydrogens is 390 g/mol. The molecule has 3 aromatic rings. The third-order valence-corrected chi connectivity index (χ3v) is 4.75. The third-order valence-electron chi connectivity index (χ3n) is 4.75. The molecule has 6 heteroatoms. The van der Waals surface area contributed by atoms with Gasteiger partial charge in [0, 0.05) is 12.2 Å². The Morgan fingerprint density at radius 3 is 2.39 bits per heavy atom. The number of aryl methyl sites for hydroxylation is 1. The van der Waals surface area contributed by atoms with Crippen molar-refractivity contribution in [2.24, 2.45) is 0 Å². The third kappa shape index (κ3) is 6.42. The van der Waals surface area contributed by atoms with Crippen molar-refractivity contribution in [1.82, 2.24) is 4.90 Å². The van der Waals surface area contributed by atoms with Crippen molar-refractivity contribution in [3.8, 4) is 5.75 Å². The second kappa shape index (κ2) is 10.4. The van der Waals surface area contributed by atoms with Crippen LogP contribution in [0.5, 0.6) is 5.75 Å². The fraction of sp³-hybridized carbons (Fsp3) is 0.200. The smallest absolute Gasteiger partial charge is 0.257 e. The summed E-state index contributed by atoms with van der Waals surface area (Å²) >= 11 is 0. The summed E-state index contributed by atoms with van der Waals surface area (Å²) in [6.07, 6.45) is 0. The van der Waals surface area contributed by atoms with Crippen molar-refractivity contribution in [1.29, 1.82) is 0 Å². The number of benzene rings is 3. The van der Waals surface area contributed by atoms with Crippen LogP contribution in [0.25, 0.3) is 0 Å². The zero-order valence-electron chi connectivity index (χ0n) is 18.0. The minimum absolute atomic E-state index is 0.188. The second-order valence-electron chi connectivity index (χ2n) is 7.44. The molecule has 31 heavy (non-hydrogen) atoms. The van der Waals surface area contributed by atoms with Crippen molar-refractivity contribution in [3.63, 3.8) is 0 Å². The van der Waals surface area contributed by atoms with Crippen LogP contribution in [0.2, 0.25) is 0 Å². The number of para-hydroxylation sites is 1. The lowest BCUT2D eigenvalue weighted by Gasteiger charge is -2.17. The molecule has 0 aliphatic rings. The Kier molecular flexibility index (Phi) is 7.40. The standard InChI is InChI=1S/C25H27N3O3/c1-18-7-6-8-20(15-18)26-25(30)22-9-4-5-10-23(22)27-24(29)17-28(2)16-19-11-13-21(31-3)14-12-19/h4-15H,16-17H2,1-3H3,(H,26,30)(H,27,29). The van der Waals surface area contributed by atoms with Gasteiger partial charge in [-0.1, -0.05) is 36.4 Å². The van der Waals surface area contributed by atoms with E-state index in [4.69, 9.17) is 4.74 Å². The van der Waals surface area contributed by atoms with Crippen LogP contribution >= 0.6 is 0 Å². The van der Waals surface area contributed by atoms with Gasteiger partial charge < -0.3 is 15.4 Å². The zero-order chi connectivity index (χ0) is 22.2. The highest BCUT2D eigenvalue weighted by atomic mass is 16.5. The molecule has 6 nitrogen and oxygen atoms in total. The number of nitrogens with one attached hydrogen (secondary N) is 2. The monoisotopic (exact) mass is 417 g/mol. The summed E-state index contributed by atoms with van der Waals surface area (Å²) in [6, 6.07) is 22.3. The molecule has 2 amide bonds. The van der Waals surface area contributed by atoms with Crippen LogP contribution in [0.3, 0.4) is 0 Å². The molecule has 3 rings (SSSR count). The molecule has 0 bridgehead atoms. The van der Waals surface area contributed by atoms with Crippen molar-refractivity contribution >= 4 is 23.2 Å². The molecule has 2 N–H and O–H groups in total. The summed E-state index contributed by atoms with van der Waals surface area (Å²) in [4.78, 5) is 27.3. The predicted octanol–water partition coefficient (Wildman–Crippen LogP) is 4.33. The van der Waals surface area contributed by atoms with Crippen LogP contribution in [0, 0.1) is 6.92 Å². The summed E-state index contributed by atoms with van der Waals surface area (Å²) < 4.78 is 5.17. The van der Waals surface area contributed by atoms with E-state index in [1.807, 2.05) is 67.4 Å². The van der Waals surface area contributed by atoms with Gasteiger partial charge >= 0.3 is 0 Å². The molecule has 3 aromatic carbocycles. The Hall–Kier alpha value is -3.64. The maximum Gasteiger partial charge on any atom is 0.257 e. The van der Waals surface area contributed by atoms with Gasteiger partial charge in [0.25, 0.3) is 5.91 Å². The normalized spacial score (nSPS) is 10.6. The molecule has 0 aromatic heterocycles. The summed E-state index contributed by atoms with van der Waals surface area (Å²) in [5, 5.41) is 5.75. The van der Waals surface area contributed by atoms with Gasteiger partial charge in [-0.05, 0) is 61.5 Å². The number of hydrogen-bond donors (Lipinski definition) is 2. The van der Waals surface area contributed by atoms with Crippen molar-refractivity contribution < 1.29 is 14.3 Å². The van der Waals surface area contributed by atoms with Crippen molar-refractivity contribution in [2.45, 2.75) is 13.5 Å². The average Bonchev–Trinajstić information content (AvgIpc) is 2.74. The lowest BCUT2D eigenvalue weighted by molar-refractivity contribution is -0.117. The first-order valence-electron chi connectivity index (χ1n) is 10.0. The Morgan fingerprint density at radius 2 is 1.68 bits per heavy atom. The first kappa shape index (κ1) is 22.1. The van der Waals surface area contributed by atoms with Crippen LogP contribution < -0.4 is 15.4 Å². The SMILES string of the molecule is COc1ccc(CN(C)CC(=O)Nc2ccccc2C(=O)Nc2cccc(C)c2)cc1.